The molecule has 0 bridgehead atoms. The smallest absolute Gasteiger partial charge is 0.236 e. The van der Waals surface area contributed by atoms with Crippen LogP contribution >= 0.6 is 0 Å². The second-order valence-corrected chi connectivity index (χ2v) is 5.07. The molecule has 0 saturated heterocycles. The van der Waals surface area contributed by atoms with Gasteiger partial charge in [-0.3, -0.25) is 4.79 Å². The number of carbonyl (C=O) groups excluding carboxylic acids is 1. The summed E-state index contributed by atoms with van der Waals surface area (Å²) in [6.45, 7) is 3.00. The summed E-state index contributed by atoms with van der Waals surface area (Å²) in [6, 6.07) is 10.0. The summed E-state index contributed by atoms with van der Waals surface area (Å²) in [5.74, 6) is 0.133. The molecule has 0 fully saturated rings. The zero-order valence-corrected chi connectivity index (χ0v) is 12.2. The molecule has 1 rings (SSSR count). The molecule has 1 amide bonds. The fraction of sp³-hybridized carbons (Fsp3) is 0.533. The summed E-state index contributed by atoms with van der Waals surface area (Å²) in [4.78, 5) is 15.8. The highest BCUT2D eigenvalue weighted by Crippen LogP contribution is 2.02. The van der Waals surface area contributed by atoms with Crippen LogP contribution in [0.4, 0.5) is 0 Å². The zero-order chi connectivity index (χ0) is 14.1. The number of carbonyl (C=O) groups is 1. The molecular formula is C15H25N3O. The molecule has 0 aliphatic heterocycles. The van der Waals surface area contributed by atoms with Gasteiger partial charge in [0.05, 0.1) is 6.54 Å². The third-order valence-electron chi connectivity index (χ3n) is 2.92. The van der Waals surface area contributed by atoms with Crippen molar-refractivity contribution in [1.29, 1.82) is 0 Å². The second-order valence-electron chi connectivity index (χ2n) is 5.07. The Balaban J connectivity index is 2.18. The molecule has 1 N–H and O–H groups in total. The van der Waals surface area contributed by atoms with Crippen LogP contribution in [0, 0.1) is 0 Å². The Bertz CT molecular complexity index is 365. The lowest BCUT2D eigenvalue weighted by Gasteiger charge is -2.18. The topological polar surface area (TPSA) is 35.6 Å². The van der Waals surface area contributed by atoms with Crippen molar-refractivity contribution in [2.45, 2.75) is 13.0 Å². The summed E-state index contributed by atoms with van der Waals surface area (Å²) in [7, 11) is 5.95. The van der Waals surface area contributed by atoms with E-state index in [1.165, 1.54) is 0 Å². The Morgan fingerprint density at radius 3 is 2.47 bits per heavy atom. The van der Waals surface area contributed by atoms with Crippen molar-refractivity contribution >= 4 is 5.91 Å². The zero-order valence-electron chi connectivity index (χ0n) is 12.2. The van der Waals surface area contributed by atoms with Crippen LogP contribution in [0.1, 0.15) is 12.0 Å². The number of nitrogens with zero attached hydrogens (tertiary/aromatic N) is 2. The SMILES string of the molecule is CN(C)CCCNCC(=O)N(C)Cc1ccccc1. The summed E-state index contributed by atoms with van der Waals surface area (Å²) in [6.07, 6.45) is 1.06. The molecule has 0 saturated carbocycles. The minimum Gasteiger partial charge on any atom is -0.340 e. The van der Waals surface area contributed by atoms with Gasteiger partial charge >= 0.3 is 0 Å². The number of likely N-dealkylation sites (N-methyl/N-ethyl adjacent to an activating group) is 1. The molecule has 1 aromatic carbocycles. The van der Waals surface area contributed by atoms with Gasteiger partial charge in [-0.15, -0.1) is 0 Å². The molecule has 0 aliphatic carbocycles. The van der Waals surface area contributed by atoms with E-state index in [-0.39, 0.29) is 5.91 Å². The number of hydrogen-bond acceptors (Lipinski definition) is 3. The highest BCUT2D eigenvalue weighted by atomic mass is 16.2. The van der Waals surface area contributed by atoms with E-state index in [2.05, 4.69) is 24.3 Å². The quantitative estimate of drug-likeness (QED) is 0.716. The Labute approximate surface area is 116 Å². The summed E-state index contributed by atoms with van der Waals surface area (Å²) >= 11 is 0. The van der Waals surface area contributed by atoms with Gasteiger partial charge < -0.3 is 15.1 Å². The number of amides is 1. The van der Waals surface area contributed by atoms with Crippen LogP contribution in [0.25, 0.3) is 0 Å². The molecule has 19 heavy (non-hydrogen) atoms. The highest BCUT2D eigenvalue weighted by Gasteiger charge is 2.08. The Morgan fingerprint density at radius 1 is 1.16 bits per heavy atom. The van der Waals surface area contributed by atoms with Crippen molar-refractivity contribution in [3.63, 3.8) is 0 Å². The molecule has 0 atom stereocenters. The van der Waals surface area contributed by atoms with Crippen molar-refractivity contribution in [1.82, 2.24) is 15.1 Å². The first-order valence-electron chi connectivity index (χ1n) is 6.73. The molecule has 0 spiro atoms. The summed E-state index contributed by atoms with van der Waals surface area (Å²) < 4.78 is 0. The molecule has 0 unspecified atom stereocenters. The first-order valence-corrected chi connectivity index (χ1v) is 6.73. The molecule has 106 valence electrons. The standard InChI is InChI=1S/C15H25N3O/c1-17(2)11-7-10-16-12-15(19)18(3)13-14-8-5-4-6-9-14/h4-6,8-9,16H,7,10-13H2,1-3H3. The number of rotatable bonds is 8. The third-order valence-corrected chi connectivity index (χ3v) is 2.92. The predicted molar refractivity (Wildman–Crippen MR) is 79.0 cm³/mol. The average molecular weight is 263 g/mol. The molecule has 0 aromatic heterocycles. The fourth-order valence-electron chi connectivity index (χ4n) is 1.80. The largest absolute Gasteiger partial charge is 0.340 e. The van der Waals surface area contributed by atoms with Crippen molar-refractivity contribution in [2.75, 3.05) is 40.8 Å². The summed E-state index contributed by atoms with van der Waals surface area (Å²) in [5, 5.41) is 3.19. The molecule has 4 nitrogen and oxygen atoms in total. The molecular weight excluding hydrogens is 238 g/mol. The van der Waals surface area contributed by atoms with Crippen LogP contribution in [-0.2, 0) is 11.3 Å². The lowest BCUT2D eigenvalue weighted by atomic mass is 10.2. The Hall–Kier alpha value is -1.39. The number of benzene rings is 1. The summed E-state index contributed by atoms with van der Waals surface area (Å²) in [5.41, 5.74) is 1.16. The van der Waals surface area contributed by atoms with Crippen molar-refractivity contribution in [2.24, 2.45) is 0 Å². The van der Waals surface area contributed by atoms with Gasteiger partial charge in [0.15, 0.2) is 0 Å². The van der Waals surface area contributed by atoms with Gasteiger partial charge in [0, 0.05) is 13.6 Å². The second kappa shape index (κ2) is 8.67. The molecule has 0 heterocycles. The van der Waals surface area contributed by atoms with Crippen LogP contribution in [0.2, 0.25) is 0 Å². The van der Waals surface area contributed by atoms with Gasteiger partial charge in [0.1, 0.15) is 0 Å². The number of hydrogen-bond donors (Lipinski definition) is 1. The lowest BCUT2D eigenvalue weighted by molar-refractivity contribution is -0.129. The normalized spacial score (nSPS) is 10.7. The van der Waals surface area contributed by atoms with E-state index in [9.17, 15) is 4.79 Å². The molecule has 4 heteroatoms. The van der Waals surface area contributed by atoms with Gasteiger partial charge in [0.2, 0.25) is 5.91 Å². The van der Waals surface area contributed by atoms with Crippen molar-refractivity contribution < 1.29 is 4.79 Å². The van der Waals surface area contributed by atoms with Gasteiger partial charge in [0.25, 0.3) is 0 Å². The van der Waals surface area contributed by atoms with E-state index < -0.39 is 0 Å². The minimum atomic E-state index is 0.133. The first-order chi connectivity index (χ1) is 9.09. The van der Waals surface area contributed by atoms with Crippen LogP contribution in [0.3, 0.4) is 0 Å². The van der Waals surface area contributed by atoms with E-state index in [1.54, 1.807) is 4.90 Å². The van der Waals surface area contributed by atoms with Gasteiger partial charge in [-0.05, 0) is 39.2 Å². The van der Waals surface area contributed by atoms with E-state index in [0.717, 1.165) is 25.1 Å². The Morgan fingerprint density at radius 2 is 1.84 bits per heavy atom. The van der Waals surface area contributed by atoms with Crippen LogP contribution in [-0.4, -0.2) is 56.5 Å². The maximum absolute atomic E-state index is 11.9. The van der Waals surface area contributed by atoms with Gasteiger partial charge in [-0.1, -0.05) is 30.3 Å². The maximum Gasteiger partial charge on any atom is 0.236 e. The lowest BCUT2D eigenvalue weighted by Crippen LogP contribution is -2.36. The van der Waals surface area contributed by atoms with E-state index >= 15 is 0 Å². The van der Waals surface area contributed by atoms with Crippen LogP contribution in [0.5, 0.6) is 0 Å². The number of nitrogens with one attached hydrogen (secondary N) is 1. The molecule has 0 aliphatic rings. The average Bonchev–Trinajstić information content (AvgIpc) is 2.38. The third kappa shape index (κ3) is 6.94. The molecule has 1 aromatic rings. The van der Waals surface area contributed by atoms with Crippen molar-refractivity contribution in [3.05, 3.63) is 35.9 Å². The minimum absolute atomic E-state index is 0.133. The van der Waals surface area contributed by atoms with Crippen molar-refractivity contribution in [3.8, 4) is 0 Å². The van der Waals surface area contributed by atoms with E-state index in [1.807, 2.05) is 37.4 Å². The highest BCUT2D eigenvalue weighted by molar-refractivity contribution is 5.77. The Kier molecular flexibility index (Phi) is 7.15. The van der Waals surface area contributed by atoms with Crippen LogP contribution < -0.4 is 5.32 Å². The predicted octanol–water partition coefficient (Wildman–Crippen LogP) is 1.19. The van der Waals surface area contributed by atoms with Gasteiger partial charge in [-0.2, -0.15) is 0 Å². The maximum atomic E-state index is 11.9. The first kappa shape index (κ1) is 15.7. The van der Waals surface area contributed by atoms with Gasteiger partial charge in [-0.25, -0.2) is 0 Å². The monoisotopic (exact) mass is 263 g/mol. The van der Waals surface area contributed by atoms with E-state index in [0.29, 0.717) is 13.1 Å². The fourth-order valence-corrected chi connectivity index (χ4v) is 1.80. The molecule has 0 radical (unpaired) electrons. The van der Waals surface area contributed by atoms with Crippen LogP contribution in [0.15, 0.2) is 30.3 Å². The van der Waals surface area contributed by atoms with E-state index in [4.69, 9.17) is 0 Å².